The number of rotatable bonds is 5. The van der Waals surface area contributed by atoms with E-state index in [0.717, 1.165) is 11.3 Å². The highest BCUT2D eigenvalue weighted by molar-refractivity contribution is 6.00. The number of aliphatic imine (C=N–C) groups is 1. The normalized spacial score (nSPS) is 17.8. The number of nitrogens with zero attached hydrogens (tertiary/aromatic N) is 2. The first-order valence-corrected chi connectivity index (χ1v) is 7.67. The van der Waals surface area contributed by atoms with E-state index in [1.165, 1.54) is 6.21 Å². The van der Waals surface area contributed by atoms with Crippen LogP contribution in [0.4, 0.5) is 0 Å². The molecular weight excluding hydrogens is 304 g/mol. The molecule has 120 valence electrons. The molecule has 3 rings (SSSR count). The summed E-state index contributed by atoms with van der Waals surface area (Å²) < 4.78 is 0. The number of carbonyl (C=O) groups is 2. The topological polar surface area (TPSA) is 87.2 Å². The summed E-state index contributed by atoms with van der Waals surface area (Å²) in [5, 5.41) is 9.90. The second-order valence-electron chi connectivity index (χ2n) is 5.34. The predicted octanol–water partition coefficient (Wildman–Crippen LogP) is 1.58. The van der Waals surface area contributed by atoms with Crippen molar-refractivity contribution in [3.05, 3.63) is 47.5 Å². The molecule has 0 saturated heterocycles. The number of H-pyrrole nitrogens is 1. The maximum Gasteiger partial charge on any atom is 0.184 e. The molecule has 0 aromatic carbocycles. The van der Waals surface area contributed by atoms with Crippen molar-refractivity contribution in [2.75, 3.05) is 0 Å². The number of Topliss-reactive ketones (excluding diaryl/α,β-unsaturated/α-hetero) is 2. The van der Waals surface area contributed by atoms with E-state index in [0.29, 0.717) is 12.1 Å². The third-order valence-corrected chi connectivity index (χ3v) is 3.69. The number of hydrogen-bond donors (Lipinski definition) is 2. The molecule has 1 aliphatic carbocycles. The lowest BCUT2D eigenvalue weighted by molar-refractivity contribution is -0.119. The highest BCUT2D eigenvalue weighted by Crippen LogP contribution is 2.19. The lowest BCUT2D eigenvalue weighted by Crippen LogP contribution is -2.32. The van der Waals surface area contributed by atoms with E-state index in [-0.39, 0.29) is 24.4 Å². The van der Waals surface area contributed by atoms with Crippen molar-refractivity contribution in [3.8, 4) is 12.0 Å². The first-order valence-electron chi connectivity index (χ1n) is 7.67. The summed E-state index contributed by atoms with van der Waals surface area (Å²) >= 11 is 0. The molecule has 1 aromatic rings. The Bertz CT molecular complexity index is 831. The highest BCUT2D eigenvalue weighted by Gasteiger charge is 2.21. The minimum Gasteiger partial charge on any atom is -0.371 e. The molecule has 2 heterocycles. The number of fused-ring (bicyclic) bond motifs is 1. The van der Waals surface area contributed by atoms with E-state index in [9.17, 15) is 9.59 Å². The lowest BCUT2D eigenvalue weighted by Gasteiger charge is -2.09. The molecule has 2 N–H and O–H groups in total. The maximum atomic E-state index is 12.4. The molecule has 0 spiro atoms. The molecule has 1 aliphatic heterocycles. The van der Waals surface area contributed by atoms with Gasteiger partial charge in [-0.05, 0) is 18.2 Å². The quantitative estimate of drug-likeness (QED) is 0.637. The van der Waals surface area contributed by atoms with Crippen molar-refractivity contribution in [2.45, 2.75) is 25.3 Å². The monoisotopic (exact) mass is 320 g/mol. The number of allylic oxidation sites excluding steroid dienone is 4. The Morgan fingerprint density at radius 3 is 3.08 bits per heavy atom. The Balaban J connectivity index is 1.64. The van der Waals surface area contributed by atoms with Crippen LogP contribution in [0.25, 0.3) is 6.08 Å². The summed E-state index contributed by atoms with van der Waals surface area (Å²) in [7, 11) is 0. The van der Waals surface area contributed by atoms with E-state index in [4.69, 9.17) is 0 Å². The Hall–Kier alpha value is -3.20. The molecular formula is C18H16N4O2. The van der Waals surface area contributed by atoms with Gasteiger partial charge in [0.25, 0.3) is 0 Å². The largest absolute Gasteiger partial charge is 0.371 e. The zero-order valence-electron chi connectivity index (χ0n) is 13.0. The molecule has 0 radical (unpaired) electrons. The second-order valence-corrected chi connectivity index (χ2v) is 5.34. The van der Waals surface area contributed by atoms with Gasteiger partial charge >= 0.3 is 0 Å². The molecule has 0 amide bonds. The van der Waals surface area contributed by atoms with Gasteiger partial charge in [0.1, 0.15) is 11.7 Å². The average Bonchev–Trinajstić information content (AvgIpc) is 2.81. The summed E-state index contributed by atoms with van der Waals surface area (Å²) in [6, 6.07) is 1.90. The van der Waals surface area contributed by atoms with Crippen LogP contribution < -0.4 is 5.32 Å². The van der Waals surface area contributed by atoms with Crippen LogP contribution in [0, 0.1) is 12.0 Å². The van der Waals surface area contributed by atoms with Crippen molar-refractivity contribution in [1.29, 1.82) is 0 Å². The van der Waals surface area contributed by atoms with Gasteiger partial charge in [0.05, 0.1) is 0 Å². The number of aromatic nitrogens is 2. The molecule has 24 heavy (non-hydrogen) atoms. The number of hydrogen-bond acceptors (Lipinski definition) is 5. The number of carbonyl (C=O) groups excluding carboxylic acids is 2. The molecule has 1 aromatic heterocycles. The minimum absolute atomic E-state index is 0.101. The first-order chi connectivity index (χ1) is 11.8. The molecule has 1 unspecified atom stereocenters. The van der Waals surface area contributed by atoms with Crippen LogP contribution in [0.5, 0.6) is 0 Å². The zero-order chi connectivity index (χ0) is 16.8. The van der Waals surface area contributed by atoms with Gasteiger partial charge in [-0.3, -0.25) is 14.7 Å². The number of aromatic amines is 1. The molecule has 6 heteroatoms. The van der Waals surface area contributed by atoms with Crippen LogP contribution >= 0.6 is 0 Å². The fourth-order valence-electron chi connectivity index (χ4n) is 2.44. The van der Waals surface area contributed by atoms with Gasteiger partial charge in [-0.2, -0.15) is 5.10 Å². The molecule has 6 nitrogen and oxygen atoms in total. The van der Waals surface area contributed by atoms with Crippen molar-refractivity contribution < 1.29 is 9.59 Å². The van der Waals surface area contributed by atoms with Gasteiger partial charge < -0.3 is 5.32 Å². The zero-order valence-corrected chi connectivity index (χ0v) is 13.0. The Morgan fingerprint density at radius 2 is 2.17 bits per heavy atom. The van der Waals surface area contributed by atoms with Crippen LogP contribution in [0.1, 0.15) is 34.6 Å². The molecule has 0 fully saturated rings. The van der Waals surface area contributed by atoms with E-state index < -0.39 is 6.04 Å². The van der Waals surface area contributed by atoms with E-state index >= 15 is 0 Å². The van der Waals surface area contributed by atoms with Crippen LogP contribution in [-0.2, 0) is 11.2 Å². The van der Waals surface area contributed by atoms with Crippen molar-refractivity contribution in [3.63, 3.8) is 0 Å². The third kappa shape index (κ3) is 3.58. The summed E-state index contributed by atoms with van der Waals surface area (Å²) in [5.74, 6) is 2.43. The fraction of sp³-hybridized carbons (Fsp3) is 0.222. The Labute approximate surface area is 139 Å². The van der Waals surface area contributed by atoms with E-state index in [2.05, 4.69) is 32.5 Å². The van der Waals surface area contributed by atoms with Crippen LogP contribution in [0.3, 0.4) is 0 Å². The van der Waals surface area contributed by atoms with E-state index in [1.807, 2.05) is 24.3 Å². The Morgan fingerprint density at radius 1 is 1.25 bits per heavy atom. The van der Waals surface area contributed by atoms with Gasteiger partial charge in [-0.25, -0.2) is 4.99 Å². The fourth-order valence-corrected chi connectivity index (χ4v) is 2.44. The van der Waals surface area contributed by atoms with Gasteiger partial charge in [-0.1, -0.05) is 24.3 Å². The SMILES string of the molecule is O=C(CCC(=O)C1C#CN=CC=CN1)c1n[nH]c2c1C=CC=CC2. The van der Waals surface area contributed by atoms with Crippen molar-refractivity contribution in [2.24, 2.45) is 4.99 Å². The highest BCUT2D eigenvalue weighted by atomic mass is 16.1. The van der Waals surface area contributed by atoms with Crippen molar-refractivity contribution in [1.82, 2.24) is 15.5 Å². The molecule has 1 atom stereocenters. The molecule has 2 aliphatic rings. The standard InChI is InChI=1S/C18H16N4O2/c23-16(15-9-12-19-10-4-11-20-15)7-8-17(24)18-13-5-2-1-3-6-14(13)21-22-18/h1-5,10-11,15,20H,6-8H2,(H,21,22). The first kappa shape index (κ1) is 15.7. The van der Waals surface area contributed by atoms with E-state index in [1.54, 1.807) is 12.3 Å². The molecule has 0 bridgehead atoms. The number of ketones is 2. The maximum absolute atomic E-state index is 12.4. The summed E-state index contributed by atoms with van der Waals surface area (Å²) in [5.41, 5.74) is 2.10. The van der Waals surface area contributed by atoms with Crippen LogP contribution in [0.2, 0.25) is 0 Å². The average molecular weight is 320 g/mol. The summed E-state index contributed by atoms with van der Waals surface area (Å²) in [4.78, 5) is 28.4. The third-order valence-electron chi connectivity index (χ3n) is 3.69. The summed E-state index contributed by atoms with van der Waals surface area (Å²) in [6.45, 7) is 0. The van der Waals surface area contributed by atoms with Gasteiger partial charge in [0.15, 0.2) is 11.6 Å². The Kier molecular flexibility index (Phi) is 4.82. The lowest BCUT2D eigenvalue weighted by atomic mass is 10.0. The second kappa shape index (κ2) is 7.38. The van der Waals surface area contributed by atoms with Crippen LogP contribution in [0.15, 0.2) is 35.5 Å². The van der Waals surface area contributed by atoms with Crippen molar-refractivity contribution >= 4 is 23.9 Å². The van der Waals surface area contributed by atoms with Gasteiger partial charge in [-0.15, -0.1) is 0 Å². The summed E-state index contributed by atoms with van der Waals surface area (Å²) in [6.07, 6.45) is 13.4. The predicted molar refractivity (Wildman–Crippen MR) is 91.4 cm³/mol. The molecule has 0 saturated carbocycles. The number of nitrogens with one attached hydrogen (secondary N) is 2. The van der Waals surface area contributed by atoms with Crippen LogP contribution in [-0.4, -0.2) is 34.0 Å². The minimum atomic E-state index is -0.646. The van der Waals surface area contributed by atoms with Gasteiger partial charge in [0.2, 0.25) is 0 Å². The smallest absolute Gasteiger partial charge is 0.184 e. The van der Waals surface area contributed by atoms with Gasteiger partial charge in [0, 0.05) is 42.8 Å².